The Morgan fingerprint density at radius 3 is 2.61 bits per heavy atom. The van der Waals surface area contributed by atoms with E-state index in [0.29, 0.717) is 13.2 Å². The van der Waals surface area contributed by atoms with Gasteiger partial charge < -0.3 is 15.2 Å². The summed E-state index contributed by atoms with van der Waals surface area (Å²) in [6.45, 7) is 7.07. The average molecular weight is 311 g/mol. The fourth-order valence-corrected chi connectivity index (χ4v) is 2.94. The van der Waals surface area contributed by atoms with Gasteiger partial charge >= 0.3 is 0 Å². The lowest BCUT2D eigenvalue weighted by Gasteiger charge is -2.23. The second kappa shape index (κ2) is 6.34. The Morgan fingerprint density at radius 1 is 1.09 bits per heavy atom. The number of ether oxygens (including phenoxy) is 1. The van der Waals surface area contributed by atoms with Crippen LogP contribution in [0, 0.1) is 0 Å². The summed E-state index contributed by atoms with van der Waals surface area (Å²) in [5.74, 6) is 0.863. The van der Waals surface area contributed by atoms with Crippen molar-refractivity contribution in [3.8, 4) is 16.9 Å². The summed E-state index contributed by atoms with van der Waals surface area (Å²) in [4.78, 5) is 0. The molecule has 0 fully saturated rings. The van der Waals surface area contributed by atoms with E-state index < -0.39 is 6.10 Å². The van der Waals surface area contributed by atoms with E-state index in [-0.39, 0.29) is 5.54 Å². The van der Waals surface area contributed by atoms with E-state index in [4.69, 9.17) is 4.74 Å². The fraction of sp³-hybridized carbons (Fsp3) is 0.400. The normalized spacial score (nSPS) is 14.3. The molecule has 1 unspecified atom stereocenters. The highest BCUT2D eigenvalue weighted by Gasteiger charge is 2.22. The van der Waals surface area contributed by atoms with Crippen LogP contribution in [0.5, 0.6) is 5.75 Å². The number of β-amino-alcohol motifs (C(OH)–C–C–N with tert-alkyl or cyclic N) is 1. The van der Waals surface area contributed by atoms with Gasteiger partial charge in [-0.25, -0.2) is 0 Å². The van der Waals surface area contributed by atoms with Gasteiger partial charge in [-0.2, -0.15) is 0 Å². The highest BCUT2D eigenvalue weighted by Crippen LogP contribution is 2.42. The molecule has 0 saturated carbocycles. The first-order chi connectivity index (χ1) is 10.9. The van der Waals surface area contributed by atoms with Crippen LogP contribution >= 0.6 is 0 Å². The average Bonchev–Trinajstić information content (AvgIpc) is 2.89. The van der Waals surface area contributed by atoms with E-state index >= 15 is 0 Å². The van der Waals surface area contributed by atoms with Crippen molar-refractivity contribution in [2.24, 2.45) is 0 Å². The minimum Gasteiger partial charge on any atom is -0.490 e. The molecule has 2 N–H and O–H groups in total. The zero-order valence-electron chi connectivity index (χ0n) is 14.1. The van der Waals surface area contributed by atoms with Crippen LogP contribution in [0.15, 0.2) is 42.5 Å². The number of hydrogen-bond acceptors (Lipinski definition) is 3. The van der Waals surface area contributed by atoms with Gasteiger partial charge in [-0.15, -0.1) is 0 Å². The van der Waals surface area contributed by atoms with E-state index in [1.807, 2.05) is 12.1 Å². The first kappa shape index (κ1) is 16.0. The van der Waals surface area contributed by atoms with Gasteiger partial charge in [-0.05, 0) is 49.9 Å². The summed E-state index contributed by atoms with van der Waals surface area (Å²) in [7, 11) is 0. The molecule has 3 nitrogen and oxygen atoms in total. The third kappa shape index (κ3) is 3.74. The third-order valence-electron chi connectivity index (χ3n) is 4.08. The Bertz CT molecular complexity index is 688. The molecule has 2 aromatic carbocycles. The van der Waals surface area contributed by atoms with Crippen molar-refractivity contribution in [1.29, 1.82) is 0 Å². The Hall–Kier alpha value is -1.84. The largest absolute Gasteiger partial charge is 0.490 e. The Labute approximate surface area is 138 Å². The molecule has 2 aromatic rings. The quantitative estimate of drug-likeness (QED) is 0.759. The van der Waals surface area contributed by atoms with Crippen molar-refractivity contribution in [3.05, 3.63) is 53.6 Å². The highest BCUT2D eigenvalue weighted by molar-refractivity contribution is 5.81. The molecule has 23 heavy (non-hydrogen) atoms. The maximum atomic E-state index is 10.1. The number of rotatable bonds is 5. The summed E-state index contributed by atoms with van der Waals surface area (Å²) in [5, 5.41) is 13.4. The Morgan fingerprint density at radius 2 is 1.83 bits per heavy atom. The van der Waals surface area contributed by atoms with Crippen LogP contribution in [-0.2, 0) is 6.42 Å². The van der Waals surface area contributed by atoms with Gasteiger partial charge in [0.25, 0.3) is 0 Å². The zero-order chi connectivity index (χ0) is 16.4. The molecule has 0 bridgehead atoms. The molecular formula is C20H25NO2. The van der Waals surface area contributed by atoms with Gasteiger partial charge in [-0.3, -0.25) is 0 Å². The van der Waals surface area contributed by atoms with Crippen molar-refractivity contribution in [1.82, 2.24) is 5.32 Å². The topological polar surface area (TPSA) is 41.5 Å². The maximum Gasteiger partial charge on any atom is 0.127 e. The third-order valence-corrected chi connectivity index (χ3v) is 4.08. The number of hydrogen-bond donors (Lipinski definition) is 2. The molecule has 1 aliphatic rings. The molecule has 1 aliphatic carbocycles. The number of aliphatic hydroxyl groups is 1. The minimum atomic E-state index is -0.526. The summed E-state index contributed by atoms with van der Waals surface area (Å²) in [6, 6.07) is 14.6. The van der Waals surface area contributed by atoms with Crippen LogP contribution in [0.3, 0.4) is 0 Å². The van der Waals surface area contributed by atoms with Crippen LogP contribution in [0.25, 0.3) is 11.1 Å². The SMILES string of the molecule is CC(C)(C)NCC(O)COc1cccc2c1-c1ccccc1C2. The molecule has 1 atom stereocenters. The van der Waals surface area contributed by atoms with E-state index in [2.05, 4.69) is 56.4 Å². The highest BCUT2D eigenvalue weighted by atomic mass is 16.5. The predicted octanol–water partition coefficient (Wildman–Crippen LogP) is 3.39. The van der Waals surface area contributed by atoms with Crippen LogP contribution < -0.4 is 10.1 Å². The van der Waals surface area contributed by atoms with Crippen LogP contribution in [-0.4, -0.2) is 29.9 Å². The smallest absolute Gasteiger partial charge is 0.127 e. The van der Waals surface area contributed by atoms with E-state index in [0.717, 1.165) is 12.2 Å². The number of fused-ring (bicyclic) bond motifs is 3. The van der Waals surface area contributed by atoms with Crippen LogP contribution in [0.1, 0.15) is 31.9 Å². The Balaban J connectivity index is 1.70. The summed E-state index contributed by atoms with van der Waals surface area (Å²) < 4.78 is 5.94. The van der Waals surface area contributed by atoms with Crippen LogP contribution in [0.2, 0.25) is 0 Å². The molecule has 0 aromatic heterocycles. The molecule has 122 valence electrons. The van der Waals surface area contributed by atoms with Gasteiger partial charge in [0, 0.05) is 17.6 Å². The molecule has 0 amide bonds. The van der Waals surface area contributed by atoms with Crippen molar-refractivity contribution in [2.75, 3.05) is 13.2 Å². The van der Waals surface area contributed by atoms with Gasteiger partial charge in [0.15, 0.2) is 0 Å². The fourth-order valence-electron chi connectivity index (χ4n) is 2.94. The molecular weight excluding hydrogens is 286 g/mol. The van der Waals surface area contributed by atoms with Gasteiger partial charge in [0.2, 0.25) is 0 Å². The van der Waals surface area contributed by atoms with Crippen molar-refractivity contribution in [2.45, 2.75) is 38.8 Å². The number of nitrogens with one attached hydrogen (secondary N) is 1. The van der Waals surface area contributed by atoms with Gasteiger partial charge in [0.1, 0.15) is 18.5 Å². The number of aliphatic hydroxyl groups excluding tert-OH is 1. The molecule has 0 aliphatic heterocycles. The molecule has 3 heteroatoms. The minimum absolute atomic E-state index is 0.00604. The summed E-state index contributed by atoms with van der Waals surface area (Å²) in [6.07, 6.45) is 0.429. The maximum absolute atomic E-state index is 10.1. The van der Waals surface area contributed by atoms with E-state index in [1.54, 1.807) is 0 Å². The predicted molar refractivity (Wildman–Crippen MR) is 93.9 cm³/mol. The number of benzene rings is 2. The van der Waals surface area contributed by atoms with Crippen molar-refractivity contribution >= 4 is 0 Å². The lowest BCUT2D eigenvalue weighted by molar-refractivity contribution is 0.100. The second-order valence-electron chi connectivity index (χ2n) is 7.22. The monoisotopic (exact) mass is 311 g/mol. The molecule has 0 saturated heterocycles. The summed E-state index contributed by atoms with van der Waals surface area (Å²) in [5.41, 5.74) is 5.06. The zero-order valence-corrected chi connectivity index (χ0v) is 14.1. The second-order valence-corrected chi connectivity index (χ2v) is 7.22. The van der Waals surface area contributed by atoms with E-state index in [1.165, 1.54) is 22.3 Å². The van der Waals surface area contributed by atoms with Crippen LogP contribution in [0.4, 0.5) is 0 Å². The first-order valence-electron chi connectivity index (χ1n) is 8.20. The lowest BCUT2D eigenvalue weighted by atomic mass is 10.0. The first-order valence-corrected chi connectivity index (χ1v) is 8.20. The lowest BCUT2D eigenvalue weighted by Crippen LogP contribution is -2.42. The van der Waals surface area contributed by atoms with Crippen molar-refractivity contribution in [3.63, 3.8) is 0 Å². The standard InChI is InChI=1S/C20H25NO2/c1-20(2,3)21-12-16(22)13-23-18-10-6-8-15-11-14-7-4-5-9-17(14)19(15)18/h4-10,16,21-22H,11-13H2,1-3H3. The molecule has 0 radical (unpaired) electrons. The molecule has 3 rings (SSSR count). The molecule has 0 heterocycles. The van der Waals surface area contributed by atoms with Crippen molar-refractivity contribution < 1.29 is 9.84 Å². The summed E-state index contributed by atoms with van der Waals surface area (Å²) >= 11 is 0. The van der Waals surface area contributed by atoms with E-state index in [9.17, 15) is 5.11 Å². The Kier molecular flexibility index (Phi) is 4.42. The van der Waals surface area contributed by atoms with Gasteiger partial charge in [0.05, 0.1) is 0 Å². The molecule has 0 spiro atoms. The van der Waals surface area contributed by atoms with Gasteiger partial charge in [-0.1, -0.05) is 36.4 Å².